The van der Waals surface area contributed by atoms with E-state index in [1.54, 1.807) is 0 Å². The third kappa shape index (κ3) is 2.86. The highest BCUT2D eigenvalue weighted by molar-refractivity contribution is 6.05. The summed E-state index contributed by atoms with van der Waals surface area (Å²) in [6.45, 7) is 6.45. The van der Waals surface area contributed by atoms with Gasteiger partial charge in [0.05, 0.1) is 17.8 Å². The highest BCUT2D eigenvalue weighted by atomic mass is 16.2. The van der Waals surface area contributed by atoms with Gasteiger partial charge in [0.25, 0.3) is 0 Å². The third-order valence-corrected chi connectivity index (χ3v) is 3.30. The Kier molecular flexibility index (Phi) is 3.74. The van der Waals surface area contributed by atoms with E-state index in [4.69, 9.17) is 0 Å². The minimum atomic E-state index is -0.513. The fraction of sp³-hybridized carbons (Fsp3) is 0.429. The summed E-state index contributed by atoms with van der Waals surface area (Å²) in [5, 5.41) is 8.67. The molecule has 0 radical (unpaired) electrons. The van der Waals surface area contributed by atoms with Crippen LogP contribution in [0.25, 0.3) is 0 Å². The van der Waals surface area contributed by atoms with Crippen LogP contribution in [-0.4, -0.2) is 24.4 Å². The first-order valence-electron chi connectivity index (χ1n) is 6.46. The lowest BCUT2D eigenvalue weighted by Gasteiger charge is -2.27. The maximum absolute atomic E-state index is 11.9. The van der Waals surface area contributed by atoms with Crippen molar-refractivity contribution >= 4 is 23.2 Å². The molecule has 1 aliphatic heterocycles. The molecule has 0 fully saturated rings. The number of benzene rings is 1. The Balaban J connectivity index is 2.17. The van der Waals surface area contributed by atoms with Gasteiger partial charge < -0.3 is 16.0 Å². The number of carbonyl (C=O) groups is 2. The Morgan fingerprint density at radius 2 is 1.89 bits per heavy atom. The first kappa shape index (κ1) is 13.4. The molecule has 5 nitrogen and oxygen atoms in total. The molecular formula is C14H19N3O2. The van der Waals surface area contributed by atoms with Crippen molar-refractivity contribution < 1.29 is 9.59 Å². The van der Waals surface area contributed by atoms with Crippen molar-refractivity contribution in [3.8, 4) is 0 Å². The van der Waals surface area contributed by atoms with Gasteiger partial charge in [-0.3, -0.25) is 9.59 Å². The number of carbonyl (C=O) groups excluding carboxylic acids is 2. The van der Waals surface area contributed by atoms with Crippen LogP contribution in [0.5, 0.6) is 0 Å². The van der Waals surface area contributed by atoms with Gasteiger partial charge in [0.2, 0.25) is 11.8 Å². The molecule has 0 aromatic heterocycles. The zero-order valence-electron chi connectivity index (χ0n) is 11.5. The Morgan fingerprint density at radius 3 is 2.53 bits per heavy atom. The normalized spacial score (nSPS) is 17.2. The summed E-state index contributed by atoms with van der Waals surface area (Å²) in [6.07, 6.45) is 0.145. The van der Waals surface area contributed by atoms with Crippen LogP contribution in [0.15, 0.2) is 12.1 Å². The number of hydrogen-bond acceptors (Lipinski definition) is 3. The molecule has 102 valence electrons. The molecule has 0 aliphatic carbocycles. The molecule has 1 atom stereocenters. The summed E-state index contributed by atoms with van der Waals surface area (Å²) in [5.74, 6) is -0.288. The Morgan fingerprint density at radius 1 is 1.26 bits per heavy atom. The third-order valence-electron chi connectivity index (χ3n) is 3.30. The van der Waals surface area contributed by atoms with E-state index in [9.17, 15) is 9.59 Å². The van der Waals surface area contributed by atoms with E-state index in [0.29, 0.717) is 6.54 Å². The molecule has 19 heavy (non-hydrogen) atoms. The molecule has 0 bridgehead atoms. The molecule has 1 heterocycles. The molecule has 2 rings (SSSR count). The summed E-state index contributed by atoms with van der Waals surface area (Å²) in [6, 6.07) is 3.42. The molecule has 2 amide bonds. The summed E-state index contributed by atoms with van der Waals surface area (Å²) in [4.78, 5) is 23.5. The Bertz CT molecular complexity index is 526. The maximum atomic E-state index is 11.9. The van der Waals surface area contributed by atoms with Gasteiger partial charge in [0.1, 0.15) is 6.04 Å². The largest absolute Gasteiger partial charge is 0.372 e. The van der Waals surface area contributed by atoms with Gasteiger partial charge in [-0.25, -0.2) is 0 Å². The molecule has 3 N–H and O–H groups in total. The van der Waals surface area contributed by atoms with Gasteiger partial charge in [-0.15, -0.1) is 0 Å². The number of aryl methyl sites for hydroxylation is 2. The van der Waals surface area contributed by atoms with Crippen molar-refractivity contribution in [3.63, 3.8) is 0 Å². The molecule has 0 saturated carbocycles. The fourth-order valence-corrected chi connectivity index (χ4v) is 2.11. The van der Waals surface area contributed by atoms with Gasteiger partial charge in [-0.05, 0) is 44.0 Å². The SMILES string of the molecule is CCNC(=O)CC1Nc2cc(C)c(C)cc2NC1=O. The monoisotopic (exact) mass is 261 g/mol. The van der Waals surface area contributed by atoms with E-state index in [1.807, 2.05) is 32.9 Å². The Labute approximate surface area is 112 Å². The van der Waals surface area contributed by atoms with Crippen molar-refractivity contribution in [1.82, 2.24) is 5.32 Å². The maximum Gasteiger partial charge on any atom is 0.247 e. The smallest absolute Gasteiger partial charge is 0.247 e. The standard InChI is InChI=1S/C14H19N3O2/c1-4-15-13(18)7-12-14(19)17-11-6-9(3)8(2)5-10(11)16-12/h5-6,12,16H,4,7H2,1-3H3,(H,15,18)(H,17,19). The summed E-state index contributed by atoms with van der Waals surface area (Å²) in [7, 11) is 0. The zero-order chi connectivity index (χ0) is 14.0. The van der Waals surface area contributed by atoms with E-state index < -0.39 is 6.04 Å². The van der Waals surface area contributed by atoms with Crippen LogP contribution < -0.4 is 16.0 Å². The van der Waals surface area contributed by atoms with Gasteiger partial charge in [-0.1, -0.05) is 0 Å². The van der Waals surface area contributed by atoms with Crippen LogP contribution >= 0.6 is 0 Å². The van der Waals surface area contributed by atoms with Crippen LogP contribution in [0.3, 0.4) is 0 Å². The fourth-order valence-electron chi connectivity index (χ4n) is 2.11. The average Bonchev–Trinajstić information content (AvgIpc) is 2.33. The van der Waals surface area contributed by atoms with Crippen LogP contribution in [0, 0.1) is 13.8 Å². The van der Waals surface area contributed by atoms with Crippen LogP contribution in [-0.2, 0) is 9.59 Å². The van der Waals surface area contributed by atoms with E-state index in [2.05, 4.69) is 16.0 Å². The quantitative estimate of drug-likeness (QED) is 0.773. The molecular weight excluding hydrogens is 242 g/mol. The molecule has 0 spiro atoms. The van der Waals surface area contributed by atoms with Crippen molar-refractivity contribution in [1.29, 1.82) is 0 Å². The molecule has 1 aliphatic rings. The van der Waals surface area contributed by atoms with E-state index in [0.717, 1.165) is 22.5 Å². The van der Waals surface area contributed by atoms with Gasteiger partial charge in [0.15, 0.2) is 0 Å². The van der Waals surface area contributed by atoms with Crippen LogP contribution in [0.1, 0.15) is 24.5 Å². The number of anilines is 2. The lowest BCUT2D eigenvalue weighted by atomic mass is 10.0. The molecule has 0 saturated heterocycles. The number of hydrogen-bond donors (Lipinski definition) is 3. The lowest BCUT2D eigenvalue weighted by molar-refractivity contribution is -0.124. The van der Waals surface area contributed by atoms with Gasteiger partial charge in [-0.2, -0.15) is 0 Å². The second kappa shape index (κ2) is 5.30. The average molecular weight is 261 g/mol. The minimum absolute atomic E-state index is 0.123. The summed E-state index contributed by atoms with van der Waals surface area (Å²) < 4.78 is 0. The zero-order valence-corrected chi connectivity index (χ0v) is 11.5. The van der Waals surface area contributed by atoms with Crippen LogP contribution in [0.2, 0.25) is 0 Å². The first-order valence-corrected chi connectivity index (χ1v) is 6.46. The second-order valence-electron chi connectivity index (χ2n) is 4.83. The number of amides is 2. The summed E-state index contributed by atoms with van der Waals surface area (Å²) >= 11 is 0. The van der Waals surface area contributed by atoms with Crippen molar-refractivity contribution in [3.05, 3.63) is 23.3 Å². The summed E-state index contributed by atoms with van der Waals surface area (Å²) in [5.41, 5.74) is 3.93. The van der Waals surface area contributed by atoms with Crippen LogP contribution in [0.4, 0.5) is 11.4 Å². The molecule has 1 aromatic carbocycles. The van der Waals surface area contributed by atoms with E-state index >= 15 is 0 Å². The number of fused-ring (bicyclic) bond motifs is 1. The molecule has 1 unspecified atom stereocenters. The van der Waals surface area contributed by atoms with E-state index in [1.165, 1.54) is 0 Å². The highest BCUT2D eigenvalue weighted by Crippen LogP contribution is 2.30. The van der Waals surface area contributed by atoms with Crippen molar-refractivity contribution in [2.75, 3.05) is 17.2 Å². The molecule has 1 aromatic rings. The Hall–Kier alpha value is -2.04. The van der Waals surface area contributed by atoms with Gasteiger partial charge >= 0.3 is 0 Å². The topological polar surface area (TPSA) is 70.2 Å². The van der Waals surface area contributed by atoms with E-state index in [-0.39, 0.29) is 18.2 Å². The first-order chi connectivity index (χ1) is 9.01. The van der Waals surface area contributed by atoms with Crippen molar-refractivity contribution in [2.45, 2.75) is 33.2 Å². The number of rotatable bonds is 3. The van der Waals surface area contributed by atoms with Crippen molar-refractivity contribution in [2.24, 2.45) is 0 Å². The predicted molar refractivity (Wildman–Crippen MR) is 75.3 cm³/mol. The molecule has 5 heteroatoms. The highest BCUT2D eigenvalue weighted by Gasteiger charge is 2.27. The number of nitrogens with one attached hydrogen (secondary N) is 3. The lowest BCUT2D eigenvalue weighted by Crippen LogP contribution is -2.42. The second-order valence-corrected chi connectivity index (χ2v) is 4.83. The minimum Gasteiger partial charge on any atom is -0.372 e. The van der Waals surface area contributed by atoms with Gasteiger partial charge in [0, 0.05) is 6.54 Å². The predicted octanol–water partition coefficient (Wildman–Crippen LogP) is 1.56.